The third kappa shape index (κ3) is 7.81. The maximum Gasteiger partial charge on any atom is 0.251 e. The maximum atomic E-state index is 11.9. The first kappa shape index (κ1) is 26.2. The SMILES string of the molecule is CCNC(=O)c1ccc(CN=C(NCC)NCC(c2ccco2)N2CCCCC2)cc1.I. The van der Waals surface area contributed by atoms with E-state index in [-0.39, 0.29) is 35.9 Å². The minimum absolute atomic E-state index is 0. The minimum atomic E-state index is -0.0470. The number of carbonyl (C=O) groups is 1. The lowest BCUT2D eigenvalue weighted by molar-refractivity contribution is 0.0956. The lowest BCUT2D eigenvalue weighted by Crippen LogP contribution is -2.44. The molecule has 3 rings (SSSR count). The number of guanidine groups is 1. The molecule has 1 aromatic carbocycles. The van der Waals surface area contributed by atoms with Crippen LogP contribution in [0.2, 0.25) is 0 Å². The van der Waals surface area contributed by atoms with Gasteiger partial charge in [-0.25, -0.2) is 4.99 Å². The summed E-state index contributed by atoms with van der Waals surface area (Å²) in [5.41, 5.74) is 1.73. The van der Waals surface area contributed by atoms with Gasteiger partial charge in [0.1, 0.15) is 5.76 Å². The van der Waals surface area contributed by atoms with E-state index in [4.69, 9.17) is 9.41 Å². The van der Waals surface area contributed by atoms with Gasteiger partial charge in [0.25, 0.3) is 5.91 Å². The highest BCUT2D eigenvalue weighted by Crippen LogP contribution is 2.24. The van der Waals surface area contributed by atoms with E-state index in [9.17, 15) is 4.79 Å². The normalized spacial score (nSPS) is 15.5. The molecule has 0 bridgehead atoms. The fraction of sp³-hybridized carbons (Fsp3) is 0.500. The van der Waals surface area contributed by atoms with Gasteiger partial charge in [0, 0.05) is 25.2 Å². The zero-order valence-electron chi connectivity index (χ0n) is 19.1. The molecule has 0 saturated carbocycles. The van der Waals surface area contributed by atoms with Crippen molar-refractivity contribution in [2.75, 3.05) is 32.7 Å². The van der Waals surface area contributed by atoms with Gasteiger partial charge in [0.05, 0.1) is 18.8 Å². The highest BCUT2D eigenvalue weighted by atomic mass is 127. The topological polar surface area (TPSA) is 81.9 Å². The van der Waals surface area contributed by atoms with Crippen LogP contribution >= 0.6 is 24.0 Å². The van der Waals surface area contributed by atoms with E-state index in [0.29, 0.717) is 18.7 Å². The summed E-state index contributed by atoms with van der Waals surface area (Å²) in [6.07, 6.45) is 5.52. The molecule has 0 aliphatic carbocycles. The Kier molecular flexibility index (Phi) is 11.6. The summed E-state index contributed by atoms with van der Waals surface area (Å²) in [5.74, 6) is 1.73. The average Bonchev–Trinajstić information content (AvgIpc) is 3.33. The second-order valence-electron chi connectivity index (χ2n) is 7.76. The number of aliphatic imine (C=N–C) groups is 1. The molecule has 0 radical (unpaired) electrons. The number of benzene rings is 1. The van der Waals surface area contributed by atoms with Crippen LogP contribution in [0.1, 0.15) is 60.8 Å². The summed E-state index contributed by atoms with van der Waals surface area (Å²) in [6.45, 7) is 8.86. The summed E-state index contributed by atoms with van der Waals surface area (Å²) in [7, 11) is 0. The van der Waals surface area contributed by atoms with Gasteiger partial charge in [-0.3, -0.25) is 9.69 Å². The Morgan fingerprint density at radius 1 is 1.03 bits per heavy atom. The first-order chi connectivity index (χ1) is 15.2. The molecule has 2 heterocycles. The molecule has 2 aromatic rings. The Bertz CT molecular complexity index is 817. The second-order valence-corrected chi connectivity index (χ2v) is 7.76. The molecule has 8 heteroatoms. The van der Waals surface area contributed by atoms with E-state index < -0.39 is 0 Å². The van der Waals surface area contributed by atoms with Crippen molar-refractivity contribution in [3.05, 3.63) is 59.5 Å². The number of nitrogens with one attached hydrogen (secondary N) is 3. The van der Waals surface area contributed by atoms with Gasteiger partial charge in [-0.2, -0.15) is 0 Å². The van der Waals surface area contributed by atoms with Crippen molar-refractivity contribution in [3.63, 3.8) is 0 Å². The van der Waals surface area contributed by atoms with E-state index in [2.05, 4.69) is 33.8 Å². The quantitative estimate of drug-likeness (QED) is 0.249. The third-order valence-corrected chi connectivity index (χ3v) is 5.48. The predicted octanol–water partition coefficient (Wildman–Crippen LogP) is 3.93. The Labute approximate surface area is 208 Å². The monoisotopic (exact) mass is 553 g/mol. The predicted molar refractivity (Wildman–Crippen MR) is 140 cm³/mol. The van der Waals surface area contributed by atoms with E-state index in [0.717, 1.165) is 43.5 Å². The molecule has 32 heavy (non-hydrogen) atoms. The Morgan fingerprint density at radius 2 is 1.75 bits per heavy atom. The fourth-order valence-corrected chi connectivity index (χ4v) is 3.85. The molecule has 1 atom stereocenters. The lowest BCUT2D eigenvalue weighted by Gasteiger charge is -2.33. The van der Waals surface area contributed by atoms with Gasteiger partial charge >= 0.3 is 0 Å². The van der Waals surface area contributed by atoms with Crippen molar-refractivity contribution in [2.45, 2.75) is 45.7 Å². The highest BCUT2D eigenvalue weighted by Gasteiger charge is 2.24. The largest absolute Gasteiger partial charge is 0.468 e. The molecule has 176 valence electrons. The number of carbonyl (C=O) groups excluding carboxylic acids is 1. The molecule has 1 saturated heterocycles. The molecule has 1 amide bonds. The Balaban J connectivity index is 0.00000363. The molecule has 1 aromatic heterocycles. The number of halogens is 1. The maximum absolute atomic E-state index is 11.9. The van der Waals surface area contributed by atoms with Gasteiger partial charge in [-0.05, 0) is 69.6 Å². The first-order valence-electron chi connectivity index (χ1n) is 11.4. The number of rotatable bonds is 9. The van der Waals surface area contributed by atoms with Crippen molar-refractivity contribution < 1.29 is 9.21 Å². The number of amides is 1. The van der Waals surface area contributed by atoms with Gasteiger partial charge in [-0.1, -0.05) is 18.6 Å². The minimum Gasteiger partial charge on any atom is -0.468 e. The summed E-state index contributed by atoms with van der Waals surface area (Å²) in [4.78, 5) is 19.2. The van der Waals surface area contributed by atoms with Crippen molar-refractivity contribution in [1.29, 1.82) is 0 Å². The number of hydrogen-bond donors (Lipinski definition) is 3. The van der Waals surface area contributed by atoms with E-state index in [1.54, 1.807) is 6.26 Å². The van der Waals surface area contributed by atoms with Crippen LogP contribution in [-0.4, -0.2) is 49.5 Å². The zero-order valence-corrected chi connectivity index (χ0v) is 21.4. The van der Waals surface area contributed by atoms with Crippen molar-refractivity contribution in [3.8, 4) is 0 Å². The third-order valence-electron chi connectivity index (χ3n) is 5.48. The second kappa shape index (κ2) is 14.2. The average molecular weight is 553 g/mol. The molecule has 7 nitrogen and oxygen atoms in total. The summed E-state index contributed by atoms with van der Waals surface area (Å²) < 4.78 is 5.74. The lowest BCUT2D eigenvalue weighted by atomic mass is 10.1. The van der Waals surface area contributed by atoms with Crippen molar-refractivity contribution in [1.82, 2.24) is 20.9 Å². The zero-order chi connectivity index (χ0) is 21.9. The Morgan fingerprint density at radius 3 is 2.38 bits per heavy atom. The van der Waals surface area contributed by atoms with Gasteiger partial charge in [0.2, 0.25) is 0 Å². The molecule has 0 spiro atoms. The van der Waals surface area contributed by atoms with Crippen LogP contribution in [0.15, 0.2) is 52.1 Å². The van der Waals surface area contributed by atoms with Crippen LogP contribution in [0.4, 0.5) is 0 Å². The van der Waals surface area contributed by atoms with Gasteiger partial charge in [0.15, 0.2) is 5.96 Å². The van der Waals surface area contributed by atoms with Crippen LogP contribution in [0, 0.1) is 0 Å². The number of likely N-dealkylation sites (tertiary alicyclic amines) is 1. The molecule has 1 fully saturated rings. The highest BCUT2D eigenvalue weighted by molar-refractivity contribution is 14.0. The van der Waals surface area contributed by atoms with Crippen LogP contribution in [0.5, 0.6) is 0 Å². The fourth-order valence-electron chi connectivity index (χ4n) is 3.85. The van der Waals surface area contributed by atoms with Crippen molar-refractivity contribution >= 4 is 35.8 Å². The molecule has 1 aliphatic rings. The first-order valence-corrected chi connectivity index (χ1v) is 11.4. The van der Waals surface area contributed by atoms with Crippen LogP contribution in [0.3, 0.4) is 0 Å². The summed E-state index contributed by atoms with van der Waals surface area (Å²) >= 11 is 0. The smallest absolute Gasteiger partial charge is 0.251 e. The molecule has 1 unspecified atom stereocenters. The number of piperidine rings is 1. The van der Waals surface area contributed by atoms with E-state index in [1.165, 1.54) is 19.3 Å². The molecular formula is C24H36IN5O2. The number of furan rings is 1. The number of hydrogen-bond acceptors (Lipinski definition) is 4. The van der Waals surface area contributed by atoms with Gasteiger partial charge < -0.3 is 20.4 Å². The summed E-state index contributed by atoms with van der Waals surface area (Å²) in [6, 6.07) is 11.8. The van der Waals surface area contributed by atoms with Crippen molar-refractivity contribution in [2.24, 2.45) is 4.99 Å². The Hall–Kier alpha value is -2.07. The van der Waals surface area contributed by atoms with E-state index >= 15 is 0 Å². The number of nitrogens with zero attached hydrogens (tertiary/aromatic N) is 2. The van der Waals surface area contributed by atoms with Crippen LogP contribution in [0.25, 0.3) is 0 Å². The molecule has 3 N–H and O–H groups in total. The van der Waals surface area contributed by atoms with Gasteiger partial charge in [-0.15, -0.1) is 24.0 Å². The van der Waals surface area contributed by atoms with Crippen LogP contribution in [-0.2, 0) is 6.54 Å². The van der Waals surface area contributed by atoms with Crippen LogP contribution < -0.4 is 16.0 Å². The summed E-state index contributed by atoms with van der Waals surface area (Å²) in [5, 5.41) is 9.64. The molecular weight excluding hydrogens is 517 g/mol. The molecule has 1 aliphatic heterocycles. The van der Waals surface area contributed by atoms with E-state index in [1.807, 2.05) is 37.3 Å². The standard InChI is InChI=1S/C24H35N5O2.HI/c1-3-25-23(30)20-12-10-19(11-13-20)17-27-24(26-4-2)28-18-21(22-9-8-16-31-22)29-14-6-5-7-15-29;/h8-13,16,21H,3-7,14-15,17-18H2,1-2H3,(H,25,30)(H2,26,27,28);1H.